The first-order valence-electron chi connectivity index (χ1n) is 12.4. The van der Waals surface area contributed by atoms with Crippen molar-refractivity contribution in [2.24, 2.45) is 0 Å². The lowest BCUT2D eigenvalue weighted by Gasteiger charge is -2.33. The second-order valence-electron chi connectivity index (χ2n) is 9.44. The summed E-state index contributed by atoms with van der Waals surface area (Å²) in [6.45, 7) is 0.188. The maximum absolute atomic E-state index is 13.5. The number of nitrogens with one attached hydrogen (secondary N) is 3. The van der Waals surface area contributed by atoms with Gasteiger partial charge in [-0.15, -0.1) is 0 Å². The van der Waals surface area contributed by atoms with E-state index < -0.39 is 11.6 Å². The van der Waals surface area contributed by atoms with E-state index in [4.69, 9.17) is 0 Å². The number of rotatable bonds is 8. The van der Waals surface area contributed by atoms with E-state index in [1.54, 1.807) is 0 Å². The Bertz CT molecular complexity index is 1250. The number of nitrogens with zero attached hydrogens (tertiary/aromatic N) is 1. The monoisotopic (exact) mass is 482 g/mol. The van der Waals surface area contributed by atoms with Gasteiger partial charge < -0.3 is 16.0 Å². The van der Waals surface area contributed by atoms with Gasteiger partial charge in [0.1, 0.15) is 12.1 Å². The van der Waals surface area contributed by atoms with Crippen LogP contribution in [0.1, 0.15) is 29.5 Å². The van der Waals surface area contributed by atoms with Crippen LogP contribution in [-0.2, 0) is 28.0 Å². The minimum Gasteiger partial charge on any atom is -0.383 e. The molecule has 3 aromatic rings. The summed E-state index contributed by atoms with van der Waals surface area (Å²) in [5.74, 6) is -0.716. The molecule has 2 aliphatic rings. The highest BCUT2D eigenvalue weighted by Gasteiger charge is 2.54. The summed E-state index contributed by atoms with van der Waals surface area (Å²) in [6.07, 6.45) is 2.82. The van der Waals surface area contributed by atoms with Crippen molar-refractivity contribution in [3.63, 3.8) is 0 Å². The number of para-hydroxylation sites is 1. The molecule has 1 saturated heterocycles. The van der Waals surface area contributed by atoms with Gasteiger partial charge in [-0.3, -0.25) is 14.5 Å². The van der Waals surface area contributed by atoms with Gasteiger partial charge in [0, 0.05) is 12.2 Å². The topological polar surface area (TPSA) is 90.5 Å². The summed E-state index contributed by atoms with van der Waals surface area (Å²) in [5, 5.41) is 9.32. The third-order valence-electron chi connectivity index (χ3n) is 6.97. The van der Waals surface area contributed by atoms with E-state index in [-0.39, 0.29) is 24.4 Å². The largest absolute Gasteiger partial charge is 0.383 e. The molecule has 1 unspecified atom stereocenters. The summed E-state index contributed by atoms with van der Waals surface area (Å²) in [7, 11) is 0. The molecular weight excluding hydrogens is 452 g/mol. The third kappa shape index (κ3) is 4.82. The van der Waals surface area contributed by atoms with Crippen molar-refractivity contribution in [3.05, 3.63) is 102 Å². The van der Waals surface area contributed by atoms with Crippen LogP contribution in [-0.4, -0.2) is 41.9 Å². The van der Waals surface area contributed by atoms with Gasteiger partial charge in [0.15, 0.2) is 0 Å². The summed E-state index contributed by atoms with van der Waals surface area (Å²) >= 11 is 0. The summed E-state index contributed by atoms with van der Waals surface area (Å²) in [4.78, 5) is 40.6. The molecule has 0 bridgehead atoms. The molecule has 3 N–H and O–H groups in total. The second-order valence-corrected chi connectivity index (χ2v) is 9.44. The van der Waals surface area contributed by atoms with Gasteiger partial charge in [-0.2, -0.15) is 0 Å². The highest BCUT2D eigenvalue weighted by molar-refractivity contribution is 6.09. The molecule has 1 fully saturated rings. The molecule has 1 spiro atoms. The maximum atomic E-state index is 13.5. The van der Waals surface area contributed by atoms with Gasteiger partial charge in [-0.25, -0.2) is 4.79 Å². The second kappa shape index (κ2) is 10.2. The normalized spacial score (nSPS) is 19.5. The zero-order chi connectivity index (χ0) is 25.0. The molecule has 1 aliphatic heterocycles. The quantitative estimate of drug-likeness (QED) is 0.428. The van der Waals surface area contributed by atoms with E-state index in [9.17, 15) is 14.4 Å². The van der Waals surface area contributed by atoms with Gasteiger partial charge in [0.2, 0.25) is 5.91 Å². The minimum atomic E-state index is -1.08. The Hall–Kier alpha value is -4.13. The average Bonchev–Trinajstić information content (AvgIpc) is 3.13. The number of fused-ring (bicyclic) bond motifs is 2. The Balaban J connectivity index is 1.28. The Morgan fingerprint density at radius 3 is 2.42 bits per heavy atom. The van der Waals surface area contributed by atoms with Crippen LogP contribution in [0.15, 0.2) is 84.9 Å². The van der Waals surface area contributed by atoms with Gasteiger partial charge in [-0.1, -0.05) is 72.8 Å². The van der Waals surface area contributed by atoms with Gasteiger partial charge in [0.25, 0.3) is 5.91 Å². The summed E-state index contributed by atoms with van der Waals surface area (Å²) in [5.41, 5.74) is 2.87. The number of carbonyl (C=O) groups is 3. The van der Waals surface area contributed by atoms with Crippen LogP contribution in [0.3, 0.4) is 0 Å². The number of aryl methyl sites for hydroxylation is 1. The van der Waals surface area contributed by atoms with Crippen LogP contribution in [0.25, 0.3) is 0 Å². The van der Waals surface area contributed by atoms with E-state index in [1.807, 2.05) is 84.9 Å². The zero-order valence-electron chi connectivity index (χ0n) is 20.1. The van der Waals surface area contributed by atoms with Crippen molar-refractivity contribution < 1.29 is 14.4 Å². The fourth-order valence-corrected chi connectivity index (χ4v) is 5.24. The maximum Gasteiger partial charge on any atom is 0.325 e. The Labute approximate surface area is 210 Å². The van der Waals surface area contributed by atoms with E-state index in [0.717, 1.165) is 40.1 Å². The van der Waals surface area contributed by atoms with E-state index >= 15 is 0 Å². The molecule has 36 heavy (non-hydrogen) atoms. The molecule has 1 heterocycles. The van der Waals surface area contributed by atoms with Crippen LogP contribution in [0.2, 0.25) is 0 Å². The lowest BCUT2D eigenvalue weighted by atomic mass is 9.76. The first-order valence-corrected chi connectivity index (χ1v) is 12.4. The fraction of sp³-hybridized carbons (Fsp3) is 0.276. The average molecular weight is 483 g/mol. The van der Waals surface area contributed by atoms with Gasteiger partial charge >= 0.3 is 6.03 Å². The standard InChI is InChI=1S/C29H30N4O3/c34-26(31-24(18-21-10-3-1-4-11-21)19-30-23-14-5-2-6-15-23)20-33-27(35)29(32-28(33)36)17-9-13-22-12-7-8-16-25(22)29/h1-8,10-12,14-16,24,30H,9,13,17-20H2,(H,31,34)(H,32,36)/t24-,29?/m0/s1. The van der Waals surface area contributed by atoms with Crippen molar-refractivity contribution in [1.29, 1.82) is 0 Å². The van der Waals surface area contributed by atoms with Crippen LogP contribution in [0.5, 0.6) is 0 Å². The third-order valence-corrected chi connectivity index (χ3v) is 6.97. The van der Waals surface area contributed by atoms with Gasteiger partial charge in [-0.05, 0) is 54.5 Å². The molecule has 5 rings (SSSR count). The predicted molar refractivity (Wildman–Crippen MR) is 138 cm³/mol. The highest BCUT2D eigenvalue weighted by atomic mass is 16.2. The number of imide groups is 1. The Kier molecular flexibility index (Phi) is 6.71. The number of amides is 4. The Morgan fingerprint density at radius 1 is 0.944 bits per heavy atom. The molecule has 0 radical (unpaired) electrons. The first-order chi connectivity index (χ1) is 17.5. The minimum absolute atomic E-state index is 0.231. The molecule has 184 valence electrons. The molecule has 4 amide bonds. The number of anilines is 1. The first kappa shape index (κ1) is 23.6. The number of urea groups is 1. The molecular formula is C29H30N4O3. The zero-order valence-corrected chi connectivity index (χ0v) is 20.1. The molecule has 3 aromatic carbocycles. The lowest BCUT2D eigenvalue weighted by Crippen LogP contribution is -2.49. The van der Waals surface area contributed by atoms with Crippen molar-refractivity contribution in [3.8, 4) is 0 Å². The molecule has 1 aliphatic carbocycles. The van der Waals surface area contributed by atoms with Crippen molar-refractivity contribution in [2.45, 2.75) is 37.3 Å². The molecule has 0 saturated carbocycles. The molecule has 2 atom stereocenters. The number of benzene rings is 3. The van der Waals surface area contributed by atoms with E-state index in [0.29, 0.717) is 19.4 Å². The predicted octanol–water partition coefficient (Wildman–Crippen LogP) is 3.61. The number of hydrogen-bond donors (Lipinski definition) is 3. The highest BCUT2D eigenvalue weighted by Crippen LogP contribution is 2.39. The molecule has 7 heteroatoms. The van der Waals surface area contributed by atoms with Crippen LogP contribution in [0.4, 0.5) is 10.5 Å². The summed E-state index contributed by atoms with van der Waals surface area (Å²) in [6, 6.07) is 26.7. The molecule has 7 nitrogen and oxygen atoms in total. The van der Waals surface area contributed by atoms with Crippen molar-refractivity contribution >= 4 is 23.5 Å². The van der Waals surface area contributed by atoms with Crippen LogP contribution >= 0.6 is 0 Å². The SMILES string of the molecule is O=C(CN1C(=O)NC2(CCCc3ccccc32)C1=O)N[C@H](CNc1ccccc1)Cc1ccccc1. The number of hydrogen-bond acceptors (Lipinski definition) is 4. The van der Waals surface area contributed by atoms with Crippen molar-refractivity contribution in [2.75, 3.05) is 18.4 Å². The number of carbonyl (C=O) groups excluding carboxylic acids is 3. The smallest absolute Gasteiger partial charge is 0.325 e. The van der Waals surface area contributed by atoms with Crippen LogP contribution in [0, 0.1) is 0 Å². The van der Waals surface area contributed by atoms with E-state index in [2.05, 4.69) is 16.0 Å². The van der Waals surface area contributed by atoms with E-state index in [1.165, 1.54) is 0 Å². The van der Waals surface area contributed by atoms with Gasteiger partial charge in [0.05, 0.1) is 6.04 Å². The van der Waals surface area contributed by atoms with Crippen LogP contribution < -0.4 is 16.0 Å². The Morgan fingerprint density at radius 2 is 1.64 bits per heavy atom. The molecule has 0 aromatic heterocycles. The fourth-order valence-electron chi connectivity index (χ4n) is 5.24. The summed E-state index contributed by atoms with van der Waals surface area (Å²) < 4.78 is 0. The van der Waals surface area contributed by atoms with Crippen molar-refractivity contribution in [1.82, 2.24) is 15.5 Å². The lowest BCUT2D eigenvalue weighted by molar-refractivity contribution is -0.135.